The van der Waals surface area contributed by atoms with Crippen molar-refractivity contribution in [3.05, 3.63) is 28.2 Å². The van der Waals surface area contributed by atoms with Crippen molar-refractivity contribution >= 4 is 44.5 Å². The van der Waals surface area contributed by atoms with Gasteiger partial charge in [-0.3, -0.25) is 9.79 Å². The van der Waals surface area contributed by atoms with Crippen molar-refractivity contribution in [1.29, 1.82) is 0 Å². The first-order valence-corrected chi connectivity index (χ1v) is 8.05. The summed E-state index contributed by atoms with van der Waals surface area (Å²) in [5.41, 5.74) is 5.85. The number of nitrogens with two attached hydrogens (primary N) is 1. The summed E-state index contributed by atoms with van der Waals surface area (Å²) in [6, 6.07) is 4.65. The summed E-state index contributed by atoms with van der Waals surface area (Å²) < 4.78 is 37.6. The Balaban J connectivity index is 2.35. The normalized spacial score (nSPS) is 22.1. The lowest BCUT2D eigenvalue weighted by Crippen LogP contribution is -2.31. The van der Waals surface area contributed by atoms with Gasteiger partial charge in [0.05, 0.1) is 5.54 Å². The standard InChI is InChI=1S/C13H13BrF3N3OS/c1-12(2-3-22-11(18)20-12)7-4-8(14)6-9(5-7)19-10(21)13(15,16)17/h4-6H,2-3H2,1H3,(H2,18,20)(H,19,21). The minimum atomic E-state index is -4.93. The van der Waals surface area contributed by atoms with Gasteiger partial charge < -0.3 is 11.1 Å². The van der Waals surface area contributed by atoms with E-state index in [0.29, 0.717) is 21.6 Å². The fraction of sp³-hybridized carbons (Fsp3) is 0.385. The fourth-order valence-electron chi connectivity index (χ4n) is 2.07. The molecule has 22 heavy (non-hydrogen) atoms. The Morgan fingerprint density at radius 3 is 2.73 bits per heavy atom. The van der Waals surface area contributed by atoms with Crippen molar-refractivity contribution in [3.8, 4) is 0 Å². The molecule has 120 valence electrons. The van der Waals surface area contributed by atoms with Crippen LogP contribution in [0.25, 0.3) is 0 Å². The van der Waals surface area contributed by atoms with Crippen LogP contribution in [0.4, 0.5) is 18.9 Å². The number of carbonyl (C=O) groups is 1. The first-order chi connectivity index (χ1) is 10.1. The van der Waals surface area contributed by atoms with Gasteiger partial charge in [0, 0.05) is 15.9 Å². The van der Waals surface area contributed by atoms with Crippen LogP contribution in [-0.4, -0.2) is 23.0 Å². The van der Waals surface area contributed by atoms with Crippen molar-refractivity contribution in [3.63, 3.8) is 0 Å². The molecule has 0 aromatic heterocycles. The van der Waals surface area contributed by atoms with E-state index in [4.69, 9.17) is 5.73 Å². The SMILES string of the molecule is CC1(c2cc(Br)cc(NC(=O)C(F)(F)F)c2)CCSC(N)=N1. The summed E-state index contributed by atoms with van der Waals surface area (Å²) in [5, 5.41) is 2.29. The molecule has 2 rings (SSSR count). The number of aliphatic imine (C=N–C) groups is 1. The van der Waals surface area contributed by atoms with Crippen LogP contribution in [0.15, 0.2) is 27.7 Å². The Kier molecular flexibility index (Phi) is 4.76. The number of hydrogen-bond donors (Lipinski definition) is 2. The molecule has 0 radical (unpaired) electrons. The maximum Gasteiger partial charge on any atom is 0.471 e. The molecule has 1 aromatic carbocycles. The Morgan fingerprint density at radius 1 is 1.45 bits per heavy atom. The Labute approximate surface area is 137 Å². The predicted molar refractivity (Wildman–Crippen MR) is 84.9 cm³/mol. The number of amidine groups is 1. The number of carbonyl (C=O) groups excluding carboxylic acids is 1. The number of benzene rings is 1. The average Bonchev–Trinajstić information content (AvgIpc) is 2.36. The molecule has 0 spiro atoms. The van der Waals surface area contributed by atoms with Gasteiger partial charge in [-0.1, -0.05) is 27.7 Å². The zero-order chi connectivity index (χ0) is 16.5. The summed E-state index contributed by atoms with van der Waals surface area (Å²) in [6.45, 7) is 1.86. The molecule has 1 aromatic rings. The number of alkyl halides is 3. The van der Waals surface area contributed by atoms with Crippen LogP contribution in [0, 0.1) is 0 Å². The molecule has 1 amide bonds. The number of thioether (sulfide) groups is 1. The van der Waals surface area contributed by atoms with Crippen LogP contribution >= 0.6 is 27.7 Å². The van der Waals surface area contributed by atoms with E-state index >= 15 is 0 Å². The molecular weight excluding hydrogens is 383 g/mol. The molecule has 0 saturated carbocycles. The number of amides is 1. The highest BCUT2D eigenvalue weighted by Crippen LogP contribution is 2.37. The smallest absolute Gasteiger partial charge is 0.379 e. The molecule has 1 atom stereocenters. The van der Waals surface area contributed by atoms with E-state index in [-0.39, 0.29) is 5.69 Å². The van der Waals surface area contributed by atoms with Gasteiger partial charge in [-0.2, -0.15) is 13.2 Å². The van der Waals surface area contributed by atoms with Gasteiger partial charge in [-0.15, -0.1) is 0 Å². The van der Waals surface area contributed by atoms with Crippen molar-refractivity contribution in [1.82, 2.24) is 0 Å². The monoisotopic (exact) mass is 395 g/mol. The molecule has 9 heteroatoms. The van der Waals surface area contributed by atoms with Crippen molar-refractivity contribution in [2.75, 3.05) is 11.1 Å². The van der Waals surface area contributed by atoms with E-state index in [9.17, 15) is 18.0 Å². The van der Waals surface area contributed by atoms with E-state index in [1.165, 1.54) is 23.9 Å². The van der Waals surface area contributed by atoms with Crippen molar-refractivity contribution in [2.24, 2.45) is 10.7 Å². The highest BCUT2D eigenvalue weighted by Gasteiger charge is 2.39. The predicted octanol–water partition coefficient (Wildman–Crippen LogP) is 3.62. The maximum atomic E-state index is 12.4. The second-order valence-electron chi connectivity index (χ2n) is 5.00. The van der Waals surface area contributed by atoms with Gasteiger partial charge in [0.25, 0.3) is 0 Å². The van der Waals surface area contributed by atoms with Crippen LogP contribution in [0.3, 0.4) is 0 Å². The Morgan fingerprint density at radius 2 is 2.14 bits per heavy atom. The third-order valence-corrected chi connectivity index (χ3v) is 4.48. The minimum absolute atomic E-state index is 0.0555. The van der Waals surface area contributed by atoms with Crippen molar-refractivity contribution in [2.45, 2.75) is 25.1 Å². The van der Waals surface area contributed by atoms with Gasteiger partial charge in [-0.05, 0) is 37.1 Å². The maximum absolute atomic E-state index is 12.4. The van der Waals surface area contributed by atoms with Crippen LogP contribution in [0.5, 0.6) is 0 Å². The van der Waals surface area contributed by atoms with E-state index in [2.05, 4.69) is 20.9 Å². The zero-order valence-electron chi connectivity index (χ0n) is 11.5. The van der Waals surface area contributed by atoms with E-state index in [1.807, 2.05) is 12.2 Å². The minimum Gasteiger partial charge on any atom is -0.379 e. The summed E-state index contributed by atoms with van der Waals surface area (Å²) >= 11 is 4.68. The van der Waals surface area contributed by atoms with Gasteiger partial charge in [0.1, 0.15) is 0 Å². The molecule has 0 fully saturated rings. The van der Waals surface area contributed by atoms with Gasteiger partial charge in [-0.25, -0.2) is 0 Å². The molecule has 1 heterocycles. The number of rotatable bonds is 2. The summed E-state index contributed by atoms with van der Waals surface area (Å²) in [7, 11) is 0. The number of halogens is 4. The van der Waals surface area contributed by atoms with Crippen molar-refractivity contribution < 1.29 is 18.0 Å². The summed E-state index contributed by atoms with van der Waals surface area (Å²) in [4.78, 5) is 15.5. The van der Waals surface area contributed by atoms with Crippen LogP contribution in [0.1, 0.15) is 18.9 Å². The lowest BCUT2D eigenvalue weighted by molar-refractivity contribution is -0.167. The summed E-state index contributed by atoms with van der Waals surface area (Å²) in [5.74, 6) is -1.24. The first-order valence-electron chi connectivity index (χ1n) is 6.27. The van der Waals surface area contributed by atoms with E-state index in [1.54, 1.807) is 6.07 Å². The largest absolute Gasteiger partial charge is 0.471 e. The molecule has 4 nitrogen and oxygen atoms in total. The zero-order valence-corrected chi connectivity index (χ0v) is 13.9. The third-order valence-electron chi connectivity index (χ3n) is 3.23. The number of nitrogens with zero attached hydrogens (tertiary/aromatic N) is 1. The lowest BCUT2D eigenvalue weighted by atomic mass is 9.89. The molecule has 0 saturated heterocycles. The first kappa shape index (κ1) is 17.1. The highest BCUT2D eigenvalue weighted by atomic mass is 79.9. The van der Waals surface area contributed by atoms with Crippen LogP contribution in [-0.2, 0) is 10.3 Å². The molecule has 1 unspecified atom stereocenters. The lowest BCUT2D eigenvalue weighted by Gasteiger charge is -2.30. The molecule has 1 aliphatic rings. The molecule has 3 N–H and O–H groups in total. The number of anilines is 1. The second-order valence-corrected chi connectivity index (χ2v) is 7.03. The fourth-order valence-corrected chi connectivity index (χ4v) is 3.54. The molecule has 0 bridgehead atoms. The number of hydrogen-bond acceptors (Lipinski definition) is 4. The number of nitrogens with one attached hydrogen (secondary N) is 1. The van der Waals surface area contributed by atoms with Crippen LogP contribution < -0.4 is 11.1 Å². The second kappa shape index (κ2) is 6.11. The molecule has 1 aliphatic heterocycles. The highest BCUT2D eigenvalue weighted by molar-refractivity contribution is 9.10. The van der Waals surface area contributed by atoms with Crippen LogP contribution in [0.2, 0.25) is 0 Å². The molecular formula is C13H13BrF3N3OS. The third kappa shape index (κ3) is 3.95. The van der Waals surface area contributed by atoms with Gasteiger partial charge >= 0.3 is 12.1 Å². The molecule has 0 aliphatic carbocycles. The van der Waals surface area contributed by atoms with Gasteiger partial charge in [0.15, 0.2) is 5.17 Å². The Hall–Kier alpha value is -1.22. The van der Waals surface area contributed by atoms with E-state index in [0.717, 1.165) is 5.75 Å². The average molecular weight is 396 g/mol. The van der Waals surface area contributed by atoms with Gasteiger partial charge in [0.2, 0.25) is 0 Å². The summed E-state index contributed by atoms with van der Waals surface area (Å²) in [6.07, 6.45) is -4.24. The quantitative estimate of drug-likeness (QED) is 0.803. The Bertz CT molecular complexity index is 635. The van der Waals surface area contributed by atoms with E-state index < -0.39 is 17.6 Å². The topological polar surface area (TPSA) is 67.5 Å².